The van der Waals surface area contributed by atoms with Crippen LogP contribution in [0.3, 0.4) is 0 Å². The monoisotopic (exact) mass is 516 g/mol. The Morgan fingerprint density at radius 2 is 0.865 bits per heavy atom. The smallest absolute Gasteiger partial charge is 0.260 e. The number of carbonyl (C=O) groups is 2. The highest BCUT2D eigenvalue weighted by Crippen LogP contribution is 2.27. The number of nitrogens with zero attached hydrogens (tertiary/aromatic N) is 2. The minimum atomic E-state index is -0.0643. The van der Waals surface area contributed by atoms with Crippen molar-refractivity contribution >= 4 is 11.8 Å². The molecule has 0 aliphatic heterocycles. The van der Waals surface area contributed by atoms with E-state index in [1.807, 2.05) is 52.0 Å². The summed E-state index contributed by atoms with van der Waals surface area (Å²) in [5.41, 5.74) is 0. The van der Waals surface area contributed by atoms with Gasteiger partial charge in [0.05, 0.1) is 13.2 Å². The molecule has 204 valence electrons. The third-order valence-electron chi connectivity index (χ3n) is 5.60. The maximum absolute atomic E-state index is 12.2. The number of likely N-dealkylation sites (N-methyl/N-ethyl adjacent to an activating group) is 2. The lowest BCUT2D eigenvalue weighted by molar-refractivity contribution is -0.133. The normalized spacial score (nSPS) is 10.5. The molecule has 0 saturated heterocycles. The van der Waals surface area contributed by atoms with Crippen LogP contribution >= 0.6 is 0 Å². The lowest BCUT2D eigenvalue weighted by atomic mass is 10.3. The van der Waals surface area contributed by atoms with E-state index in [0.29, 0.717) is 75.6 Å². The van der Waals surface area contributed by atoms with Crippen molar-refractivity contribution in [1.29, 1.82) is 0 Å². The first-order chi connectivity index (χ1) is 18.0. The molecule has 0 radical (unpaired) electrons. The number of rotatable bonds is 18. The average molecular weight is 517 g/mol. The topological polar surface area (TPSA) is 86.8 Å². The van der Waals surface area contributed by atoms with Crippen LogP contribution in [0.2, 0.25) is 0 Å². The van der Waals surface area contributed by atoms with Gasteiger partial charge in [-0.15, -0.1) is 0 Å². The van der Waals surface area contributed by atoms with Crippen molar-refractivity contribution in [2.24, 2.45) is 0 Å². The molecule has 2 amide bonds. The Bertz CT molecular complexity index is 870. The number of amides is 2. The van der Waals surface area contributed by atoms with E-state index >= 15 is 0 Å². The van der Waals surface area contributed by atoms with Crippen LogP contribution in [0.5, 0.6) is 23.0 Å². The maximum Gasteiger partial charge on any atom is 0.260 e. The molecule has 0 aliphatic rings. The zero-order chi connectivity index (χ0) is 26.9. The van der Waals surface area contributed by atoms with E-state index < -0.39 is 0 Å². The molecule has 9 heteroatoms. The first-order valence-electron chi connectivity index (χ1n) is 12.9. The van der Waals surface area contributed by atoms with Crippen molar-refractivity contribution in [3.8, 4) is 23.0 Å². The Labute approximate surface area is 220 Å². The van der Waals surface area contributed by atoms with Crippen LogP contribution in [0.25, 0.3) is 0 Å². The van der Waals surface area contributed by atoms with Gasteiger partial charge < -0.3 is 33.5 Å². The summed E-state index contributed by atoms with van der Waals surface area (Å²) < 4.78 is 28.6. The van der Waals surface area contributed by atoms with E-state index in [-0.39, 0.29) is 25.0 Å². The Hall–Kier alpha value is -3.46. The fourth-order valence-corrected chi connectivity index (χ4v) is 3.51. The van der Waals surface area contributed by atoms with Gasteiger partial charge in [-0.2, -0.15) is 0 Å². The van der Waals surface area contributed by atoms with E-state index in [9.17, 15) is 9.59 Å². The summed E-state index contributed by atoms with van der Waals surface area (Å²) in [4.78, 5) is 27.8. The van der Waals surface area contributed by atoms with E-state index in [1.165, 1.54) is 0 Å². The number of carbonyl (C=O) groups excluding carboxylic acids is 2. The van der Waals surface area contributed by atoms with Crippen LogP contribution < -0.4 is 18.9 Å². The second kappa shape index (κ2) is 17.1. The average Bonchev–Trinajstić information content (AvgIpc) is 2.92. The minimum Gasteiger partial charge on any atom is -0.487 e. The minimum absolute atomic E-state index is 0.0370. The van der Waals surface area contributed by atoms with Crippen LogP contribution in [0.1, 0.15) is 27.7 Å². The van der Waals surface area contributed by atoms with Crippen molar-refractivity contribution in [3.63, 3.8) is 0 Å². The third-order valence-corrected chi connectivity index (χ3v) is 5.60. The quantitative estimate of drug-likeness (QED) is 0.280. The molecule has 2 aromatic carbocycles. The highest BCUT2D eigenvalue weighted by Gasteiger charge is 2.13. The third kappa shape index (κ3) is 10.2. The highest BCUT2D eigenvalue weighted by atomic mass is 16.6. The molecule has 0 unspecified atom stereocenters. The van der Waals surface area contributed by atoms with Gasteiger partial charge in [0, 0.05) is 26.2 Å². The number of para-hydroxylation sites is 4. The highest BCUT2D eigenvalue weighted by molar-refractivity contribution is 5.78. The van der Waals surface area contributed by atoms with E-state index in [2.05, 4.69) is 0 Å². The van der Waals surface area contributed by atoms with Crippen LogP contribution in [-0.4, -0.2) is 87.4 Å². The maximum atomic E-state index is 12.2. The van der Waals surface area contributed by atoms with Crippen molar-refractivity contribution in [2.75, 3.05) is 65.8 Å². The van der Waals surface area contributed by atoms with Crippen molar-refractivity contribution in [1.82, 2.24) is 9.80 Å². The van der Waals surface area contributed by atoms with Gasteiger partial charge in [-0.1, -0.05) is 24.3 Å². The van der Waals surface area contributed by atoms with Gasteiger partial charge in [0.2, 0.25) is 0 Å². The second-order valence-corrected chi connectivity index (χ2v) is 7.91. The molecule has 0 N–H and O–H groups in total. The Morgan fingerprint density at radius 1 is 0.541 bits per heavy atom. The van der Waals surface area contributed by atoms with Gasteiger partial charge in [-0.05, 0) is 52.0 Å². The molecule has 0 atom stereocenters. The first kappa shape index (κ1) is 29.8. The fraction of sp³-hybridized carbons (Fsp3) is 0.500. The number of benzene rings is 2. The van der Waals surface area contributed by atoms with Gasteiger partial charge in [-0.25, -0.2) is 0 Å². The summed E-state index contributed by atoms with van der Waals surface area (Å²) in [7, 11) is 0. The SMILES string of the molecule is CCN(CC)C(=O)COc1ccccc1OCCOCCOc1ccccc1OCC(=O)N(CC)CC. The van der Waals surface area contributed by atoms with Crippen molar-refractivity contribution in [3.05, 3.63) is 48.5 Å². The molecular formula is C28H40N2O7. The predicted octanol–water partition coefficient (Wildman–Crippen LogP) is 3.66. The van der Waals surface area contributed by atoms with E-state index in [4.69, 9.17) is 23.7 Å². The fourth-order valence-electron chi connectivity index (χ4n) is 3.51. The summed E-state index contributed by atoms with van der Waals surface area (Å²) >= 11 is 0. The van der Waals surface area contributed by atoms with Crippen molar-refractivity contribution < 1.29 is 33.3 Å². The van der Waals surface area contributed by atoms with Gasteiger partial charge in [-0.3, -0.25) is 9.59 Å². The van der Waals surface area contributed by atoms with Crippen molar-refractivity contribution in [2.45, 2.75) is 27.7 Å². The zero-order valence-corrected chi connectivity index (χ0v) is 22.4. The summed E-state index contributed by atoms with van der Waals surface area (Å²) in [5, 5.41) is 0. The molecule has 0 saturated carbocycles. The second-order valence-electron chi connectivity index (χ2n) is 7.91. The predicted molar refractivity (Wildman–Crippen MR) is 142 cm³/mol. The molecule has 0 fully saturated rings. The van der Waals surface area contributed by atoms with E-state index in [1.54, 1.807) is 34.1 Å². The molecule has 0 heterocycles. The van der Waals surface area contributed by atoms with Gasteiger partial charge in [0.15, 0.2) is 36.2 Å². The molecule has 0 bridgehead atoms. The Morgan fingerprint density at radius 3 is 1.19 bits per heavy atom. The number of ether oxygens (including phenoxy) is 5. The van der Waals surface area contributed by atoms with E-state index in [0.717, 1.165) is 0 Å². The molecule has 0 aliphatic carbocycles. The summed E-state index contributed by atoms with van der Waals surface area (Å²) in [6.07, 6.45) is 0. The molecule has 9 nitrogen and oxygen atoms in total. The molecule has 37 heavy (non-hydrogen) atoms. The molecule has 0 aromatic heterocycles. The van der Waals surface area contributed by atoms with Crippen LogP contribution in [0.15, 0.2) is 48.5 Å². The lowest BCUT2D eigenvalue weighted by Gasteiger charge is -2.19. The zero-order valence-electron chi connectivity index (χ0n) is 22.4. The van der Waals surface area contributed by atoms with Gasteiger partial charge in [0.25, 0.3) is 11.8 Å². The molecule has 0 spiro atoms. The summed E-state index contributed by atoms with van der Waals surface area (Å²) in [6.45, 7) is 11.6. The van der Waals surface area contributed by atoms with Gasteiger partial charge >= 0.3 is 0 Å². The Balaban J connectivity index is 1.70. The Kier molecular flexibility index (Phi) is 13.7. The first-order valence-corrected chi connectivity index (χ1v) is 12.9. The largest absolute Gasteiger partial charge is 0.487 e. The number of hydrogen-bond donors (Lipinski definition) is 0. The lowest BCUT2D eigenvalue weighted by Crippen LogP contribution is -2.34. The van der Waals surface area contributed by atoms with Crippen LogP contribution in [-0.2, 0) is 14.3 Å². The molecule has 2 aromatic rings. The molecule has 2 rings (SSSR count). The van der Waals surface area contributed by atoms with Crippen LogP contribution in [0.4, 0.5) is 0 Å². The molecular weight excluding hydrogens is 476 g/mol. The van der Waals surface area contributed by atoms with Crippen LogP contribution in [0, 0.1) is 0 Å². The standard InChI is InChI=1S/C28H40N2O7/c1-5-29(6-2)27(31)21-36-25-15-11-9-13-23(25)34-19-17-33-18-20-35-24-14-10-12-16-26(24)37-22-28(32)30(7-3)8-4/h9-16H,5-8,17-22H2,1-4H3. The summed E-state index contributed by atoms with van der Waals surface area (Å²) in [6, 6.07) is 14.5. The van der Waals surface area contributed by atoms with Gasteiger partial charge in [0.1, 0.15) is 13.2 Å². The number of hydrogen-bond acceptors (Lipinski definition) is 7. The summed E-state index contributed by atoms with van der Waals surface area (Å²) in [5.74, 6) is 2.01.